The molecule has 0 saturated heterocycles. The molecule has 2 aromatic carbocycles. The number of carbonyl (C=O) groups is 1. The highest BCUT2D eigenvalue weighted by atomic mass is 32.5. The number of methoxy groups -OCH3 is 1. The molecule has 2 aromatic rings. The summed E-state index contributed by atoms with van der Waals surface area (Å²) < 4.78 is 10.1. The molecule has 2 unspecified atom stereocenters. The van der Waals surface area contributed by atoms with Crippen molar-refractivity contribution in [3.05, 3.63) is 60.2 Å². The van der Waals surface area contributed by atoms with Crippen molar-refractivity contribution in [3.8, 4) is 0 Å². The zero-order valence-electron chi connectivity index (χ0n) is 15.4. The molecule has 0 fully saturated rings. The summed E-state index contributed by atoms with van der Waals surface area (Å²) in [4.78, 5) is 31.1. The maximum Gasteiger partial charge on any atom is 0.322 e. The zero-order valence-corrected chi connectivity index (χ0v) is 17.1. The van der Waals surface area contributed by atoms with Crippen LogP contribution in [0.15, 0.2) is 64.8 Å². The Morgan fingerprint density at radius 2 is 1.68 bits per heavy atom. The number of rotatable bonds is 9. The zero-order chi connectivity index (χ0) is 20.6. The molecule has 0 aromatic heterocycles. The van der Waals surface area contributed by atoms with E-state index in [1.165, 1.54) is 7.11 Å². The van der Waals surface area contributed by atoms with Crippen LogP contribution < -0.4 is 5.32 Å². The molecule has 0 radical (unpaired) electrons. The predicted octanol–water partition coefficient (Wildman–Crippen LogP) is 3.46. The molecule has 28 heavy (non-hydrogen) atoms. The third-order valence-corrected chi connectivity index (χ3v) is 4.56. The van der Waals surface area contributed by atoms with E-state index in [-0.39, 0.29) is 12.5 Å². The second kappa shape index (κ2) is 10.5. The van der Waals surface area contributed by atoms with Gasteiger partial charge in [0.2, 0.25) is 0 Å². The van der Waals surface area contributed by atoms with Crippen LogP contribution in [0, 0.1) is 0 Å². The van der Waals surface area contributed by atoms with Gasteiger partial charge in [0.15, 0.2) is 0 Å². The summed E-state index contributed by atoms with van der Waals surface area (Å²) in [6.45, 7) is -2.16. The first-order valence-corrected chi connectivity index (χ1v) is 11.0. The molecular formula is C18H22N3O5PS. The number of azo groups is 1. The molecule has 0 aliphatic rings. The number of nitrogens with one attached hydrogen (secondary N) is 1. The monoisotopic (exact) mass is 423 g/mol. The Bertz CT molecular complexity index is 842. The lowest BCUT2D eigenvalue weighted by molar-refractivity contribution is 0.0688. The van der Waals surface area contributed by atoms with E-state index in [0.29, 0.717) is 11.3 Å². The van der Waals surface area contributed by atoms with Gasteiger partial charge in [0, 0.05) is 12.7 Å². The smallest absolute Gasteiger partial charge is 0.322 e. The van der Waals surface area contributed by atoms with Crippen LogP contribution in [0.5, 0.6) is 0 Å². The Morgan fingerprint density at radius 1 is 1.11 bits per heavy atom. The summed E-state index contributed by atoms with van der Waals surface area (Å²) in [5.41, 5.74) is 1.74. The maximum absolute atomic E-state index is 12.5. The largest absolute Gasteiger partial charge is 0.382 e. The molecule has 2 atom stereocenters. The predicted molar refractivity (Wildman–Crippen MR) is 109 cm³/mol. The third kappa shape index (κ3) is 7.55. The van der Waals surface area contributed by atoms with Gasteiger partial charge in [-0.1, -0.05) is 18.2 Å². The topological polar surface area (TPSA) is 113 Å². The van der Waals surface area contributed by atoms with Crippen molar-refractivity contribution in [3.63, 3.8) is 0 Å². The molecule has 0 aliphatic carbocycles. The van der Waals surface area contributed by atoms with E-state index in [9.17, 15) is 14.6 Å². The standard InChI is InChI=1S/C18H22N3O5PS/c1-13(26-27(23,24)28)17(12-25-2)19-18(22)14-8-10-16(11-9-14)21-20-15-6-4-3-5-7-15/h3-11,13,17H,12H2,1-2H3,(H,19,22)(H2,23,24,28). The highest BCUT2D eigenvalue weighted by Gasteiger charge is 2.25. The van der Waals surface area contributed by atoms with Gasteiger partial charge >= 0.3 is 6.72 Å². The fraction of sp³-hybridized carbons (Fsp3) is 0.278. The van der Waals surface area contributed by atoms with Gasteiger partial charge in [-0.25, -0.2) is 0 Å². The first kappa shape index (κ1) is 22.3. The number of nitrogens with zero attached hydrogens (tertiary/aromatic N) is 2. The molecule has 3 N–H and O–H groups in total. The van der Waals surface area contributed by atoms with Crippen LogP contribution in [-0.4, -0.2) is 41.6 Å². The van der Waals surface area contributed by atoms with E-state index in [1.807, 2.05) is 30.3 Å². The van der Waals surface area contributed by atoms with Gasteiger partial charge in [0.1, 0.15) is 0 Å². The Morgan fingerprint density at radius 3 is 2.21 bits per heavy atom. The summed E-state index contributed by atoms with van der Waals surface area (Å²) in [7, 11) is 1.46. The van der Waals surface area contributed by atoms with Crippen LogP contribution in [0.25, 0.3) is 0 Å². The molecule has 2 rings (SSSR count). The van der Waals surface area contributed by atoms with Crippen LogP contribution >= 0.6 is 6.72 Å². The Labute approximate surface area is 168 Å². The normalized spacial score (nSPS) is 14.0. The summed E-state index contributed by atoms with van der Waals surface area (Å²) in [5.74, 6) is -0.367. The van der Waals surface area contributed by atoms with Crippen molar-refractivity contribution < 1.29 is 23.8 Å². The number of benzene rings is 2. The van der Waals surface area contributed by atoms with Gasteiger partial charge in [-0.05, 0) is 55.1 Å². The lowest BCUT2D eigenvalue weighted by atomic mass is 10.1. The van der Waals surface area contributed by atoms with E-state index in [0.717, 1.165) is 5.69 Å². The van der Waals surface area contributed by atoms with Crippen molar-refractivity contribution in [1.82, 2.24) is 5.32 Å². The van der Waals surface area contributed by atoms with Crippen molar-refractivity contribution >= 4 is 35.8 Å². The number of hydrogen-bond acceptors (Lipinski definition) is 6. The maximum atomic E-state index is 12.5. The number of carbonyl (C=O) groups excluding carboxylic acids is 1. The van der Waals surface area contributed by atoms with Gasteiger partial charge in [-0.3, -0.25) is 4.79 Å². The summed E-state index contributed by atoms with van der Waals surface area (Å²) in [5, 5.41) is 11.0. The first-order chi connectivity index (χ1) is 13.3. The van der Waals surface area contributed by atoms with Gasteiger partial charge in [-0.2, -0.15) is 10.2 Å². The molecule has 0 saturated carbocycles. The van der Waals surface area contributed by atoms with E-state index in [4.69, 9.17) is 9.26 Å². The molecule has 0 heterocycles. The highest BCUT2D eigenvalue weighted by molar-refractivity contribution is 8.06. The molecule has 1 amide bonds. The number of ether oxygens (including phenoxy) is 1. The molecule has 0 bridgehead atoms. The number of hydrogen-bond donors (Lipinski definition) is 3. The van der Waals surface area contributed by atoms with E-state index < -0.39 is 18.9 Å². The average Bonchev–Trinajstić information content (AvgIpc) is 2.66. The van der Waals surface area contributed by atoms with Crippen molar-refractivity contribution in [2.75, 3.05) is 13.7 Å². The van der Waals surface area contributed by atoms with Crippen LogP contribution in [-0.2, 0) is 21.1 Å². The lowest BCUT2D eigenvalue weighted by Crippen LogP contribution is -2.45. The van der Waals surface area contributed by atoms with Crippen molar-refractivity contribution in [2.24, 2.45) is 10.2 Å². The van der Waals surface area contributed by atoms with Crippen molar-refractivity contribution in [1.29, 1.82) is 0 Å². The first-order valence-electron chi connectivity index (χ1n) is 8.39. The van der Waals surface area contributed by atoms with E-state index in [2.05, 4.69) is 27.4 Å². The molecule has 0 spiro atoms. The Balaban J connectivity index is 2.02. The second-order valence-electron chi connectivity index (χ2n) is 5.92. The minimum absolute atomic E-state index is 0.117. The van der Waals surface area contributed by atoms with Crippen LogP contribution in [0.2, 0.25) is 0 Å². The van der Waals surface area contributed by atoms with Gasteiger partial charge < -0.3 is 24.4 Å². The van der Waals surface area contributed by atoms with Gasteiger partial charge in [-0.15, -0.1) is 0 Å². The molecule has 10 heteroatoms. The molecular weight excluding hydrogens is 401 g/mol. The third-order valence-electron chi connectivity index (χ3n) is 3.70. The van der Waals surface area contributed by atoms with Crippen molar-refractivity contribution in [2.45, 2.75) is 19.1 Å². The lowest BCUT2D eigenvalue weighted by Gasteiger charge is -2.26. The van der Waals surface area contributed by atoms with Crippen LogP contribution in [0.4, 0.5) is 11.4 Å². The minimum atomic E-state index is -3.85. The average molecular weight is 423 g/mol. The number of amides is 1. The molecule has 0 aliphatic heterocycles. The summed E-state index contributed by atoms with van der Waals surface area (Å²) >= 11 is 4.47. The molecule has 8 nitrogen and oxygen atoms in total. The summed E-state index contributed by atoms with van der Waals surface area (Å²) in [6.07, 6.45) is -0.747. The van der Waals surface area contributed by atoms with E-state index in [1.54, 1.807) is 31.2 Å². The Hall–Kier alpha value is -2.00. The summed E-state index contributed by atoms with van der Waals surface area (Å²) in [6, 6.07) is 15.3. The quantitative estimate of drug-likeness (QED) is 0.421. The highest BCUT2D eigenvalue weighted by Crippen LogP contribution is 2.38. The van der Waals surface area contributed by atoms with Gasteiger partial charge in [0.05, 0.1) is 30.1 Å². The minimum Gasteiger partial charge on any atom is -0.382 e. The fourth-order valence-corrected chi connectivity index (χ4v) is 3.29. The Kier molecular flexibility index (Phi) is 8.37. The van der Waals surface area contributed by atoms with Crippen LogP contribution in [0.3, 0.4) is 0 Å². The second-order valence-corrected chi connectivity index (χ2v) is 8.54. The molecule has 150 valence electrons. The SMILES string of the molecule is COCC(NC(=O)c1ccc(N=Nc2ccccc2)cc1)C(C)OP(O)(O)=S. The fourth-order valence-electron chi connectivity index (χ4n) is 2.31. The van der Waals surface area contributed by atoms with Crippen LogP contribution in [0.1, 0.15) is 17.3 Å². The van der Waals surface area contributed by atoms with E-state index >= 15 is 0 Å². The van der Waals surface area contributed by atoms with Gasteiger partial charge in [0.25, 0.3) is 5.91 Å².